The molecular weight excluding hydrogens is 983 g/mol. The van der Waals surface area contributed by atoms with Crippen LogP contribution in [-0.4, -0.2) is 159 Å². The number of piperidine rings is 2. The van der Waals surface area contributed by atoms with Crippen LogP contribution in [0.1, 0.15) is 52.8 Å². The van der Waals surface area contributed by atoms with Crippen LogP contribution in [0, 0.1) is 5.92 Å². The molecule has 22 heteroatoms. The van der Waals surface area contributed by atoms with Crippen molar-refractivity contribution in [3.05, 3.63) is 89.6 Å². The smallest absolute Gasteiger partial charge is 0.262 e. The summed E-state index contributed by atoms with van der Waals surface area (Å²) >= 11 is 6.68. The summed E-state index contributed by atoms with van der Waals surface area (Å²) < 4.78 is 21.4. The zero-order chi connectivity index (χ0) is 51.4. The van der Waals surface area contributed by atoms with Crippen LogP contribution >= 0.6 is 18.7 Å². The van der Waals surface area contributed by atoms with Crippen LogP contribution in [0.4, 0.5) is 34.5 Å². The van der Waals surface area contributed by atoms with Gasteiger partial charge in [-0.2, -0.15) is 10.1 Å². The molecule has 2 atom stereocenters. The summed E-state index contributed by atoms with van der Waals surface area (Å²) in [6.07, 6.45) is 11.9. The van der Waals surface area contributed by atoms with E-state index >= 15 is 0 Å². The number of amides is 4. The summed E-state index contributed by atoms with van der Waals surface area (Å²) in [6, 6.07) is 12.7. The average molecular weight is 1040 g/mol. The number of benzene rings is 3. The van der Waals surface area contributed by atoms with E-state index in [2.05, 4.69) is 67.7 Å². The maximum atomic E-state index is 13.6. The normalized spacial score (nSPS) is 20.1. The van der Waals surface area contributed by atoms with E-state index in [0.29, 0.717) is 62.4 Å². The van der Waals surface area contributed by atoms with Crippen molar-refractivity contribution in [2.45, 2.75) is 44.2 Å². The van der Waals surface area contributed by atoms with Gasteiger partial charge in [0, 0.05) is 126 Å². The van der Waals surface area contributed by atoms with Gasteiger partial charge in [0.1, 0.15) is 29.5 Å². The molecule has 0 aliphatic carbocycles. The Kier molecular flexibility index (Phi) is 13.3. The third-order valence-electron chi connectivity index (χ3n) is 15.0. The highest BCUT2D eigenvalue weighted by molar-refractivity contribution is 7.71. The first-order valence-electron chi connectivity index (χ1n) is 25.1. The van der Waals surface area contributed by atoms with E-state index in [-0.39, 0.29) is 23.8 Å². The molecule has 4 fully saturated rings. The van der Waals surface area contributed by atoms with Crippen molar-refractivity contribution < 1.29 is 28.5 Å². The minimum atomic E-state index is -2.84. The summed E-state index contributed by atoms with van der Waals surface area (Å²) in [4.78, 5) is 80.2. The van der Waals surface area contributed by atoms with Crippen LogP contribution in [0.3, 0.4) is 0 Å². The fraction of sp³-hybridized carbons (Fsp3) is 0.404. The van der Waals surface area contributed by atoms with Crippen molar-refractivity contribution in [1.29, 1.82) is 0 Å². The Morgan fingerprint density at radius 2 is 1.58 bits per heavy atom. The van der Waals surface area contributed by atoms with Gasteiger partial charge < -0.3 is 34.6 Å². The second-order valence-corrected chi connectivity index (χ2v) is 23.7. The lowest BCUT2D eigenvalue weighted by molar-refractivity contribution is -0.136. The fourth-order valence-electron chi connectivity index (χ4n) is 11.3. The number of aromatic nitrogens is 6. The molecule has 20 nitrogen and oxygen atoms in total. The number of imide groups is 2. The van der Waals surface area contributed by atoms with Gasteiger partial charge in [-0.25, -0.2) is 4.98 Å². The second-order valence-electron chi connectivity index (χ2n) is 20.2. The topological polar surface area (TPSA) is 216 Å². The minimum absolute atomic E-state index is 0.0885. The molecule has 6 aromatic rings. The summed E-state index contributed by atoms with van der Waals surface area (Å²) in [5.41, 5.74) is 6.94. The van der Waals surface area contributed by atoms with Gasteiger partial charge in [0.05, 0.1) is 52.8 Å². The standard InChI is InChI=1S/C52H58ClN14O6P/c1-62-30-32(26-57-62)36-24-41(59-52-56-27-38(53)48(61-52)58-40-8-7-39-46(55-15-14-54-39)47(40)74(3,4)72)44(73-2)25-43(36)65-17-12-33(13-18-65)64-21-19-63(20-22-64)28-31-11-16-66(29-31)34-5-6-35-37(23-34)51(71)67(50(35)70)42-9-10-45(68)60-49(42)69/h5-8,14-15,23-27,30-31,33,42H,9-13,16-22,28-29H2,1-4H3,(H,60,68,69)(H2,56,58,59,61). The van der Waals surface area contributed by atoms with Crippen molar-refractivity contribution in [3.8, 4) is 16.9 Å². The fourth-order valence-corrected chi connectivity index (χ4v) is 12.9. The lowest BCUT2D eigenvalue weighted by Crippen LogP contribution is -2.54. The van der Waals surface area contributed by atoms with Gasteiger partial charge in [0.25, 0.3) is 11.8 Å². The summed E-state index contributed by atoms with van der Waals surface area (Å²) in [7, 11) is 0.718. The number of hydrogen-bond acceptors (Lipinski definition) is 17. The molecular formula is C52H58ClN14O6P. The number of fused-ring (bicyclic) bond motifs is 2. The van der Waals surface area contributed by atoms with Crippen molar-refractivity contribution in [1.82, 2.24) is 49.7 Å². The van der Waals surface area contributed by atoms with E-state index in [1.165, 1.54) is 6.20 Å². The summed E-state index contributed by atoms with van der Waals surface area (Å²) in [6.45, 7) is 11.9. The van der Waals surface area contributed by atoms with Crippen molar-refractivity contribution in [3.63, 3.8) is 0 Å². The van der Waals surface area contributed by atoms with Crippen LogP contribution in [0.5, 0.6) is 5.75 Å². The van der Waals surface area contributed by atoms with Crippen LogP contribution in [0.2, 0.25) is 5.02 Å². The number of halogens is 1. The highest BCUT2D eigenvalue weighted by Gasteiger charge is 2.45. The average Bonchev–Trinajstić information content (AvgIpc) is 4.12. The lowest BCUT2D eigenvalue weighted by atomic mass is 9.98. The number of anilines is 6. The van der Waals surface area contributed by atoms with Crippen molar-refractivity contribution >= 4 is 93.2 Å². The Morgan fingerprint density at radius 1 is 0.811 bits per heavy atom. The van der Waals surface area contributed by atoms with Crippen LogP contribution in [0.15, 0.2) is 73.4 Å². The van der Waals surface area contributed by atoms with Gasteiger partial charge in [-0.3, -0.25) is 48.9 Å². The first-order valence-corrected chi connectivity index (χ1v) is 28.1. The Bertz CT molecular complexity index is 3260. The van der Waals surface area contributed by atoms with E-state index in [4.69, 9.17) is 21.3 Å². The van der Waals surface area contributed by atoms with Gasteiger partial charge in [0.2, 0.25) is 17.8 Å². The molecule has 3 aromatic heterocycles. The Balaban J connectivity index is 0.715. The number of hydrogen-bond donors (Lipinski definition) is 3. The third-order valence-corrected chi connectivity index (χ3v) is 16.9. The number of ether oxygens (including phenoxy) is 1. The van der Waals surface area contributed by atoms with Crippen LogP contribution < -0.4 is 35.8 Å². The van der Waals surface area contributed by atoms with Crippen LogP contribution in [-0.2, 0) is 21.2 Å². The number of carbonyl (C=O) groups is 4. The summed E-state index contributed by atoms with van der Waals surface area (Å²) in [5.74, 6) is -0.267. The van der Waals surface area contributed by atoms with E-state index in [1.54, 1.807) is 49.6 Å². The lowest BCUT2D eigenvalue weighted by Gasteiger charge is -2.44. The molecule has 0 radical (unpaired) electrons. The van der Waals surface area contributed by atoms with Crippen LogP contribution in [0.25, 0.3) is 22.2 Å². The monoisotopic (exact) mass is 1040 g/mol. The first-order chi connectivity index (χ1) is 35.7. The molecule has 8 heterocycles. The zero-order valence-electron chi connectivity index (χ0n) is 41.8. The van der Waals surface area contributed by atoms with Crippen molar-refractivity contribution in [2.24, 2.45) is 13.0 Å². The number of carbonyl (C=O) groups excluding carboxylic acids is 4. The van der Waals surface area contributed by atoms with E-state index in [9.17, 15) is 23.7 Å². The number of rotatable bonds is 13. The van der Waals surface area contributed by atoms with Gasteiger partial charge in [0.15, 0.2) is 5.82 Å². The second kappa shape index (κ2) is 20.0. The number of methoxy groups -OCH3 is 1. The molecule has 0 spiro atoms. The predicted octanol–water partition coefficient (Wildman–Crippen LogP) is 5.73. The maximum Gasteiger partial charge on any atom is 0.262 e. The van der Waals surface area contributed by atoms with E-state index in [1.807, 2.05) is 37.6 Å². The minimum Gasteiger partial charge on any atom is -0.494 e. The molecule has 4 saturated heterocycles. The Labute approximate surface area is 433 Å². The Hall–Kier alpha value is -6.99. The largest absolute Gasteiger partial charge is 0.494 e. The molecule has 2 unspecified atom stereocenters. The molecule has 11 rings (SSSR count). The van der Waals surface area contributed by atoms with Gasteiger partial charge in [-0.1, -0.05) is 11.6 Å². The molecule has 74 heavy (non-hydrogen) atoms. The Morgan fingerprint density at radius 3 is 2.32 bits per heavy atom. The molecule has 384 valence electrons. The van der Waals surface area contributed by atoms with Gasteiger partial charge in [-0.05, 0) is 81.3 Å². The third kappa shape index (κ3) is 9.67. The maximum absolute atomic E-state index is 13.6. The molecule has 0 saturated carbocycles. The quantitative estimate of drug-likeness (QED) is 0.0930. The highest BCUT2D eigenvalue weighted by Crippen LogP contribution is 2.44. The SMILES string of the molecule is COc1cc(N2CCC(N3CCN(CC4CCN(c5ccc6c(c5)C(=O)N(C5CCC(=O)NC5=O)C6=O)C4)CC3)CC2)c(-c2cnn(C)c2)cc1Nc1ncc(Cl)c(Nc2ccc3nccnc3c2P(C)(C)=O)n1. The molecule has 5 aliphatic rings. The number of piperazine rings is 1. The number of aryl methyl sites for hydroxylation is 1. The van der Waals surface area contributed by atoms with Gasteiger partial charge >= 0.3 is 0 Å². The van der Waals surface area contributed by atoms with E-state index < -0.39 is 36.8 Å². The highest BCUT2D eigenvalue weighted by atomic mass is 35.5. The molecule has 0 bridgehead atoms. The molecule has 5 aliphatic heterocycles. The first kappa shape index (κ1) is 49.2. The summed E-state index contributed by atoms with van der Waals surface area (Å²) in [5, 5.41) is 14.3. The predicted molar refractivity (Wildman–Crippen MR) is 284 cm³/mol. The van der Waals surface area contributed by atoms with Crippen molar-refractivity contribution in [2.75, 3.05) is 99.8 Å². The number of nitrogens with zero attached hydrogens (tertiary/aromatic N) is 11. The molecule has 3 aromatic carbocycles. The molecule has 3 N–H and O–H groups in total. The number of nitrogens with one attached hydrogen (secondary N) is 3. The van der Waals surface area contributed by atoms with Gasteiger partial charge in [-0.15, -0.1) is 0 Å². The van der Waals surface area contributed by atoms with E-state index in [0.717, 1.165) is 106 Å². The molecule has 4 amide bonds. The zero-order valence-corrected chi connectivity index (χ0v) is 43.4.